The fraction of sp³-hybridized carbons (Fsp3) is 0. The normalized spacial score (nSPS) is 12.3. The van der Waals surface area contributed by atoms with Crippen molar-refractivity contribution in [1.29, 1.82) is 0 Å². The van der Waals surface area contributed by atoms with Gasteiger partial charge < -0.3 is 9.13 Å². The Morgan fingerprint density at radius 1 is 0.404 bits per heavy atom. The first-order chi connectivity index (χ1) is 23.4. The first-order valence-electron chi connectivity index (χ1n) is 15.8. The fourth-order valence-electron chi connectivity index (χ4n) is 7.87. The summed E-state index contributed by atoms with van der Waals surface area (Å²) in [6.45, 7) is 0. The molecule has 47 heavy (non-hydrogen) atoms. The summed E-state index contributed by atoms with van der Waals surface area (Å²) in [5.74, 6) is 0. The highest BCUT2D eigenvalue weighted by Crippen LogP contribution is 2.45. The van der Waals surface area contributed by atoms with Gasteiger partial charge in [0.2, 0.25) is 0 Å². The molecule has 11 rings (SSSR count). The maximum atomic E-state index is 5.10. The molecule has 0 atom stereocenters. The number of imidazole rings is 1. The minimum atomic E-state index is 0.726. The lowest BCUT2D eigenvalue weighted by Crippen LogP contribution is -1.98. The Morgan fingerprint density at radius 2 is 1.02 bits per heavy atom. The molecular formula is C41H24N6. The zero-order valence-electron chi connectivity index (χ0n) is 25.0. The van der Waals surface area contributed by atoms with E-state index in [9.17, 15) is 0 Å². The lowest BCUT2D eigenvalue weighted by atomic mass is 10.0. The van der Waals surface area contributed by atoms with Gasteiger partial charge in [-0.2, -0.15) is 0 Å². The van der Waals surface area contributed by atoms with E-state index in [2.05, 4.69) is 140 Å². The SMILES string of the molecule is c1ccc(-n2c3ccccc3c3c2ccc2c4ccc5c(c6ncccc6n6c7cccnc7nc56)c4n(-c4ccccc4)c23)cc1. The standard InChI is InChI=1S/C41H24N6/c1-3-11-25(12-4-1)45-31-16-8-7-15-29(31)35-32(45)22-21-28-27-19-20-30-36(39(27)46(38(28)35)26-13-5-2-6-14-26)37-33(17-9-23-42-37)47-34-18-10-24-43-40(34)44-41(30)47/h1-24H. The summed E-state index contributed by atoms with van der Waals surface area (Å²) < 4.78 is 7.06. The van der Waals surface area contributed by atoms with E-state index in [0.29, 0.717) is 0 Å². The van der Waals surface area contributed by atoms with Crippen molar-refractivity contribution in [1.82, 2.24) is 28.5 Å². The van der Waals surface area contributed by atoms with E-state index in [1.807, 2.05) is 18.3 Å². The summed E-state index contributed by atoms with van der Waals surface area (Å²) in [6, 6.07) is 47.4. The molecule has 0 bridgehead atoms. The molecule has 0 radical (unpaired) electrons. The number of rotatable bonds is 2. The van der Waals surface area contributed by atoms with E-state index in [1.54, 1.807) is 6.20 Å². The van der Waals surface area contributed by atoms with Gasteiger partial charge >= 0.3 is 0 Å². The van der Waals surface area contributed by atoms with Crippen LogP contribution in [0.5, 0.6) is 0 Å². The van der Waals surface area contributed by atoms with E-state index in [1.165, 1.54) is 38.1 Å². The third kappa shape index (κ3) is 3.16. The van der Waals surface area contributed by atoms with Crippen LogP contribution in [0.25, 0.3) is 93.6 Å². The molecular weight excluding hydrogens is 576 g/mol. The molecule has 0 N–H and O–H groups in total. The lowest BCUT2D eigenvalue weighted by Gasteiger charge is -2.13. The third-order valence-corrected chi connectivity index (χ3v) is 9.69. The molecule has 0 saturated heterocycles. The highest BCUT2D eigenvalue weighted by atomic mass is 15.1. The van der Waals surface area contributed by atoms with Crippen LogP contribution in [0.1, 0.15) is 0 Å². The highest BCUT2D eigenvalue weighted by Gasteiger charge is 2.24. The van der Waals surface area contributed by atoms with Crippen molar-refractivity contribution < 1.29 is 0 Å². The summed E-state index contributed by atoms with van der Waals surface area (Å²) in [5, 5.41) is 6.96. The molecule has 5 aromatic carbocycles. The number of para-hydroxylation sites is 3. The van der Waals surface area contributed by atoms with Crippen LogP contribution < -0.4 is 0 Å². The van der Waals surface area contributed by atoms with Crippen LogP contribution >= 0.6 is 0 Å². The molecule has 6 heterocycles. The zero-order chi connectivity index (χ0) is 30.6. The molecule has 0 fully saturated rings. The van der Waals surface area contributed by atoms with E-state index in [-0.39, 0.29) is 0 Å². The predicted molar refractivity (Wildman–Crippen MR) is 192 cm³/mol. The van der Waals surface area contributed by atoms with Gasteiger partial charge in [-0.15, -0.1) is 0 Å². The fourth-order valence-corrected chi connectivity index (χ4v) is 7.87. The lowest BCUT2D eigenvalue weighted by molar-refractivity contribution is 1.18. The van der Waals surface area contributed by atoms with E-state index >= 15 is 0 Å². The minimum Gasteiger partial charge on any atom is -0.309 e. The molecule has 6 nitrogen and oxygen atoms in total. The highest BCUT2D eigenvalue weighted by molar-refractivity contribution is 6.32. The topological polar surface area (TPSA) is 52.9 Å². The summed E-state index contributed by atoms with van der Waals surface area (Å²) in [7, 11) is 0. The van der Waals surface area contributed by atoms with Crippen molar-refractivity contribution in [2.24, 2.45) is 0 Å². The van der Waals surface area contributed by atoms with Gasteiger partial charge in [0, 0.05) is 56.1 Å². The molecule has 6 aromatic heterocycles. The predicted octanol–water partition coefficient (Wildman–Crippen LogP) is 9.78. The smallest absolute Gasteiger partial charge is 0.178 e. The Balaban J connectivity index is 1.44. The van der Waals surface area contributed by atoms with Crippen LogP contribution in [-0.4, -0.2) is 28.5 Å². The molecule has 0 unspecified atom stereocenters. The molecule has 0 aliphatic rings. The van der Waals surface area contributed by atoms with Crippen LogP contribution in [-0.2, 0) is 0 Å². The third-order valence-electron chi connectivity index (χ3n) is 9.69. The molecule has 11 aromatic rings. The van der Waals surface area contributed by atoms with Crippen molar-refractivity contribution in [2.45, 2.75) is 0 Å². The average molecular weight is 601 g/mol. The zero-order valence-corrected chi connectivity index (χ0v) is 25.0. The monoisotopic (exact) mass is 600 g/mol. The van der Waals surface area contributed by atoms with Crippen molar-refractivity contribution in [3.05, 3.63) is 146 Å². The van der Waals surface area contributed by atoms with E-state index in [0.717, 1.165) is 55.5 Å². The average Bonchev–Trinajstić information content (AvgIpc) is 3.80. The molecule has 0 aliphatic heterocycles. The Bertz CT molecular complexity index is 3060. The first-order valence-corrected chi connectivity index (χ1v) is 15.8. The Morgan fingerprint density at radius 3 is 1.83 bits per heavy atom. The van der Waals surface area contributed by atoms with Gasteiger partial charge in [-0.3, -0.25) is 9.38 Å². The van der Waals surface area contributed by atoms with Gasteiger partial charge in [0.25, 0.3) is 0 Å². The maximum Gasteiger partial charge on any atom is 0.178 e. The number of fused-ring (bicyclic) bond motifs is 16. The van der Waals surface area contributed by atoms with Gasteiger partial charge in [0.1, 0.15) is 5.65 Å². The molecule has 0 spiro atoms. The van der Waals surface area contributed by atoms with E-state index < -0.39 is 0 Å². The van der Waals surface area contributed by atoms with Gasteiger partial charge in [0.15, 0.2) is 5.65 Å². The van der Waals surface area contributed by atoms with Crippen molar-refractivity contribution in [3.63, 3.8) is 0 Å². The molecule has 218 valence electrons. The van der Waals surface area contributed by atoms with Crippen LogP contribution in [0.2, 0.25) is 0 Å². The Labute approximate surface area is 267 Å². The number of pyridine rings is 3. The number of hydrogen-bond acceptors (Lipinski definition) is 3. The molecule has 6 heteroatoms. The van der Waals surface area contributed by atoms with Crippen LogP contribution in [0, 0.1) is 0 Å². The molecule has 0 saturated carbocycles. The summed E-state index contributed by atoms with van der Waals surface area (Å²) in [6.07, 6.45) is 3.70. The molecule has 0 aliphatic carbocycles. The van der Waals surface area contributed by atoms with Gasteiger partial charge in [-0.1, -0.05) is 66.7 Å². The number of hydrogen-bond donors (Lipinski definition) is 0. The Kier molecular flexibility index (Phi) is 4.75. The van der Waals surface area contributed by atoms with Gasteiger partial charge in [0.05, 0.1) is 38.6 Å². The van der Waals surface area contributed by atoms with Gasteiger partial charge in [-0.05, 0) is 66.7 Å². The quantitative estimate of drug-likeness (QED) is 0.186. The summed E-state index contributed by atoms with van der Waals surface area (Å²) in [4.78, 5) is 14.8. The van der Waals surface area contributed by atoms with Crippen LogP contribution in [0.15, 0.2) is 146 Å². The van der Waals surface area contributed by atoms with Crippen LogP contribution in [0.4, 0.5) is 0 Å². The van der Waals surface area contributed by atoms with E-state index in [4.69, 9.17) is 9.97 Å². The van der Waals surface area contributed by atoms with Crippen molar-refractivity contribution in [3.8, 4) is 11.4 Å². The Hall–Kier alpha value is -6.53. The van der Waals surface area contributed by atoms with Crippen molar-refractivity contribution in [2.75, 3.05) is 0 Å². The largest absolute Gasteiger partial charge is 0.309 e. The maximum absolute atomic E-state index is 5.10. The minimum absolute atomic E-state index is 0.726. The number of benzene rings is 5. The second-order valence-electron chi connectivity index (χ2n) is 12.1. The molecule has 0 amide bonds. The van der Waals surface area contributed by atoms with Crippen molar-refractivity contribution >= 4 is 82.2 Å². The van der Waals surface area contributed by atoms with Gasteiger partial charge in [-0.25, -0.2) is 9.97 Å². The second-order valence-corrected chi connectivity index (χ2v) is 12.1. The first kappa shape index (κ1) is 24.8. The number of nitrogens with zero attached hydrogens (tertiary/aromatic N) is 6. The number of aromatic nitrogens is 6. The van der Waals surface area contributed by atoms with Crippen LogP contribution in [0.3, 0.4) is 0 Å². The summed E-state index contributed by atoms with van der Waals surface area (Å²) in [5.41, 5.74) is 11.4. The second kappa shape index (κ2) is 9.02. The summed E-state index contributed by atoms with van der Waals surface area (Å²) >= 11 is 0.